The third-order valence-corrected chi connectivity index (χ3v) is 3.68. The molecule has 9 heavy (non-hydrogen) atoms. The number of hydrogen-bond acceptors (Lipinski definition) is 4. The molecule has 0 aliphatic carbocycles. The maximum absolute atomic E-state index is 10.3. The first kappa shape index (κ1) is 9.61. The highest BCUT2D eigenvalue weighted by Crippen LogP contribution is 2.16. The number of rotatable bonds is 4. The van der Waals surface area contributed by atoms with Crippen LogP contribution < -0.4 is 5.73 Å². The fourth-order valence-electron chi connectivity index (χ4n) is 0.248. The summed E-state index contributed by atoms with van der Waals surface area (Å²) in [4.78, 5) is 0. The summed E-state index contributed by atoms with van der Waals surface area (Å²) in [6, 6.07) is 0. The Labute approximate surface area is 63.5 Å². The van der Waals surface area contributed by atoms with Gasteiger partial charge in [0.25, 0.3) is 7.90 Å². The van der Waals surface area contributed by atoms with E-state index in [9.17, 15) is 8.42 Å². The lowest BCUT2D eigenvalue weighted by Gasteiger charge is -1.92. The number of nitrogens with two attached hydrogens (primary N) is 1. The van der Waals surface area contributed by atoms with Gasteiger partial charge in [0, 0.05) is 5.75 Å². The van der Waals surface area contributed by atoms with Gasteiger partial charge in [-0.3, -0.25) is 0 Å². The first-order chi connectivity index (χ1) is 4.06. The number of thiol groups is 1. The Morgan fingerprint density at radius 3 is 2.44 bits per heavy atom. The SMILES string of the molecule is NCCCSS(=O)(=O)S. The van der Waals surface area contributed by atoms with Crippen molar-refractivity contribution in [1.82, 2.24) is 0 Å². The van der Waals surface area contributed by atoms with Gasteiger partial charge in [-0.25, -0.2) is 8.42 Å². The summed E-state index contributed by atoms with van der Waals surface area (Å²) in [5.41, 5.74) is 5.12. The maximum atomic E-state index is 10.3. The van der Waals surface area contributed by atoms with E-state index in [-0.39, 0.29) is 0 Å². The zero-order chi connectivity index (χ0) is 7.33. The van der Waals surface area contributed by atoms with Crippen LogP contribution >= 0.6 is 22.5 Å². The zero-order valence-corrected chi connectivity index (χ0v) is 7.31. The van der Waals surface area contributed by atoms with Crippen LogP contribution in [0.25, 0.3) is 0 Å². The first-order valence-corrected chi connectivity index (χ1v) is 6.42. The monoisotopic (exact) mass is 187 g/mol. The molecule has 0 unspecified atom stereocenters. The second kappa shape index (κ2) is 4.43. The normalized spacial score (nSPS) is 11.8. The van der Waals surface area contributed by atoms with Crippen LogP contribution in [-0.2, 0) is 7.90 Å². The lowest BCUT2D eigenvalue weighted by Crippen LogP contribution is -2.00. The van der Waals surface area contributed by atoms with E-state index in [1.54, 1.807) is 0 Å². The molecule has 0 rings (SSSR count). The Morgan fingerprint density at radius 1 is 1.56 bits per heavy atom. The summed E-state index contributed by atoms with van der Waals surface area (Å²) in [7, 11) is -2.33. The topological polar surface area (TPSA) is 60.2 Å². The van der Waals surface area contributed by atoms with Crippen LogP contribution in [0.15, 0.2) is 0 Å². The summed E-state index contributed by atoms with van der Waals surface area (Å²) in [6.07, 6.45) is 0.713. The standard InChI is InChI=1S/C3H9NO2S3/c4-2-1-3-8-9(5,6)7/h1-4H2,(H,5,6,7). The summed E-state index contributed by atoms with van der Waals surface area (Å²) < 4.78 is 20.6. The minimum Gasteiger partial charge on any atom is -0.330 e. The lowest BCUT2D eigenvalue weighted by molar-refractivity contribution is 0.623. The largest absolute Gasteiger partial charge is 0.330 e. The van der Waals surface area contributed by atoms with E-state index >= 15 is 0 Å². The van der Waals surface area contributed by atoms with Crippen molar-refractivity contribution in [2.45, 2.75) is 6.42 Å². The average Bonchev–Trinajstić information content (AvgIpc) is 1.63. The molecule has 0 aromatic carbocycles. The van der Waals surface area contributed by atoms with E-state index in [0.29, 0.717) is 18.7 Å². The lowest BCUT2D eigenvalue weighted by atomic mass is 10.5. The van der Waals surface area contributed by atoms with Gasteiger partial charge in [-0.2, -0.15) is 0 Å². The van der Waals surface area contributed by atoms with E-state index in [4.69, 9.17) is 5.73 Å². The average molecular weight is 187 g/mol. The second-order valence-corrected chi connectivity index (χ2v) is 7.10. The van der Waals surface area contributed by atoms with Crippen LogP contribution in [0, 0.1) is 0 Å². The van der Waals surface area contributed by atoms with E-state index in [0.717, 1.165) is 10.8 Å². The van der Waals surface area contributed by atoms with Gasteiger partial charge >= 0.3 is 0 Å². The minimum atomic E-state index is -3.14. The molecule has 0 amide bonds. The molecule has 0 bridgehead atoms. The zero-order valence-electron chi connectivity index (χ0n) is 4.78. The molecular weight excluding hydrogens is 178 g/mol. The van der Waals surface area contributed by atoms with Crippen molar-refractivity contribution in [1.29, 1.82) is 0 Å². The van der Waals surface area contributed by atoms with Crippen molar-refractivity contribution in [3.05, 3.63) is 0 Å². The highest BCUT2D eigenvalue weighted by Gasteiger charge is 2.01. The van der Waals surface area contributed by atoms with Crippen LogP contribution in [0.3, 0.4) is 0 Å². The Balaban J connectivity index is 3.30. The van der Waals surface area contributed by atoms with Gasteiger partial charge in [-0.15, -0.1) is 0 Å². The summed E-state index contributed by atoms with van der Waals surface area (Å²) in [6.45, 7) is 0.524. The third-order valence-electron chi connectivity index (χ3n) is 0.581. The van der Waals surface area contributed by atoms with Gasteiger partial charge in [-0.1, -0.05) is 0 Å². The van der Waals surface area contributed by atoms with Crippen LogP contribution in [0.4, 0.5) is 0 Å². The highest BCUT2D eigenvalue weighted by atomic mass is 33.5. The Morgan fingerprint density at radius 2 is 2.11 bits per heavy atom. The van der Waals surface area contributed by atoms with E-state index in [1.807, 2.05) is 0 Å². The molecule has 6 heteroatoms. The van der Waals surface area contributed by atoms with Gasteiger partial charge < -0.3 is 5.73 Å². The molecule has 0 fully saturated rings. The van der Waals surface area contributed by atoms with Crippen LogP contribution in [0.5, 0.6) is 0 Å². The minimum absolute atomic E-state index is 0.524. The molecule has 0 aromatic heterocycles. The quantitative estimate of drug-likeness (QED) is 0.376. The summed E-state index contributed by atoms with van der Waals surface area (Å²) >= 11 is 3.32. The van der Waals surface area contributed by atoms with Gasteiger partial charge in [0.1, 0.15) is 0 Å². The molecule has 0 aromatic rings. The molecule has 56 valence electrons. The molecule has 2 N–H and O–H groups in total. The van der Waals surface area contributed by atoms with Gasteiger partial charge in [0.05, 0.1) is 0 Å². The van der Waals surface area contributed by atoms with Crippen molar-refractivity contribution < 1.29 is 8.42 Å². The van der Waals surface area contributed by atoms with Crippen LogP contribution in [0.1, 0.15) is 6.42 Å². The molecule has 0 aliphatic heterocycles. The molecule has 3 nitrogen and oxygen atoms in total. The van der Waals surface area contributed by atoms with Crippen LogP contribution in [-0.4, -0.2) is 20.7 Å². The Kier molecular flexibility index (Phi) is 4.73. The number of hydrogen-bond donors (Lipinski definition) is 2. The van der Waals surface area contributed by atoms with Gasteiger partial charge in [0.15, 0.2) is 0 Å². The fraction of sp³-hybridized carbons (Fsp3) is 1.00. The highest BCUT2D eigenvalue weighted by molar-refractivity contribution is 9.00. The Bertz CT molecular complexity index is 152. The van der Waals surface area contributed by atoms with Gasteiger partial charge in [0.2, 0.25) is 0 Å². The molecule has 0 aliphatic rings. The Hall–Kier alpha value is 0.610. The van der Waals surface area contributed by atoms with Crippen molar-refractivity contribution in [2.24, 2.45) is 5.73 Å². The second-order valence-electron chi connectivity index (χ2n) is 1.39. The van der Waals surface area contributed by atoms with Gasteiger partial charge in [-0.05, 0) is 35.4 Å². The van der Waals surface area contributed by atoms with E-state index < -0.39 is 7.90 Å². The van der Waals surface area contributed by atoms with Crippen molar-refractivity contribution >= 4 is 30.4 Å². The molecule has 0 atom stereocenters. The third kappa shape index (κ3) is 8.61. The van der Waals surface area contributed by atoms with Crippen molar-refractivity contribution in [2.75, 3.05) is 12.3 Å². The predicted molar refractivity (Wildman–Crippen MR) is 44.0 cm³/mol. The summed E-state index contributed by atoms with van der Waals surface area (Å²) in [5, 5.41) is 0. The molecule has 0 saturated heterocycles. The van der Waals surface area contributed by atoms with E-state index in [1.165, 1.54) is 0 Å². The maximum Gasteiger partial charge on any atom is 0.250 e. The molecule has 0 radical (unpaired) electrons. The first-order valence-electron chi connectivity index (χ1n) is 2.38. The van der Waals surface area contributed by atoms with Crippen LogP contribution in [0.2, 0.25) is 0 Å². The molecular formula is C3H9NO2S3. The predicted octanol–water partition coefficient (Wildman–Crippen LogP) is 0.243. The van der Waals surface area contributed by atoms with Crippen molar-refractivity contribution in [3.8, 4) is 0 Å². The molecule has 0 spiro atoms. The molecule has 0 heterocycles. The van der Waals surface area contributed by atoms with E-state index in [2.05, 4.69) is 11.7 Å². The summed E-state index contributed by atoms with van der Waals surface area (Å²) in [5.74, 6) is 0.530. The fourth-order valence-corrected chi connectivity index (χ4v) is 2.40. The van der Waals surface area contributed by atoms with Crippen molar-refractivity contribution in [3.63, 3.8) is 0 Å². The smallest absolute Gasteiger partial charge is 0.250 e. The molecule has 0 saturated carbocycles.